The molecule has 1 atom stereocenters. The number of amides is 2. The Morgan fingerprint density at radius 1 is 0.950 bits per heavy atom. The first-order valence-electron chi connectivity index (χ1n) is 13.0. The summed E-state index contributed by atoms with van der Waals surface area (Å²) in [5.41, 5.74) is 2.58. The molecule has 0 aliphatic carbocycles. The van der Waals surface area contributed by atoms with E-state index >= 15 is 0 Å². The second kappa shape index (κ2) is 16.1. The van der Waals surface area contributed by atoms with Crippen LogP contribution >= 0.6 is 23.2 Å². The van der Waals surface area contributed by atoms with Gasteiger partial charge >= 0.3 is 12.0 Å². The Labute approximate surface area is 243 Å². The Hall–Kier alpha value is -3.33. The molecule has 2 N–H and O–H groups in total. The van der Waals surface area contributed by atoms with E-state index in [4.69, 9.17) is 32.7 Å². The van der Waals surface area contributed by atoms with Crippen LogP contribution in [0.2, 0.25) is 10.0 Å². The minimum absolute atomic E-state index is 0.253. The van der Waals surface area contributed by atoms with Gasteiger partial charge in [-0.2, -0.15) is 0 Å². The fourth-order valence-electron chi connectivity index (χ4n) is 4.06. The van der Waals surface area contributed by atoms with Crippen LogP contribution in [-0.4, -0.2) is 54.4 Å². The van der Waals surface area contributed by atoms with Crippen molar-refractivity contribution in [3.63, 3.8) is 0 Å². The first kappa shape index (κ1) is 31.2. The van der Waals surface area contributed by atoms with Crippen molar-refractivity contribution < 1.29 is 28.6 Å². The largest absolute Gasteiger partial charge is 0.492 e. The van der Waals surface area contributed by atoms with Gasteiger partial charge in [-0.05, 0) is 78.9 Å². The van der Waals surface area contributed by atoms with E-state index < -0.39 is 12.1 Å². The van der Waals surface area contributed by atoms with Gasteiger partial charge in [-0.15, -0.1) is 0 Å². The highest BCUT2D eigenvalue weighted by Crippen LogP contribution is 2.20. The number of nitrogens with zero attached hydrogens (tertiary/aromatic N) is 1. The lowest BCUT2D eigenvalue weighted by molar-refractivity contribution is -0.149. The van der Waals surface area contributed by atoms with Gasteiger partial charge in [0.1, 0.15) is 18.2 Å². The summed E-state index contributed by atoms with van der Waals surface area (Å²) in [5, 5.41) is 13.3. The molecule has 40 heavy (non-hydrogen) atoms. The fourth-order valence-corrected chi connectivity index (χ4v) is 4.64. The van der Waals surface area contributed by atoms with Gasteiger partial charge in [0.15, 0.2) is 6.10 Å². The molecule has 0 saturated heterocycles. The summed E-state index contributed by atoms with van der Waals surface area (Å²) in [6, 6.07) is 18.2. The van der Waals surface area contributed by atoms with Crippen LogP contribution in [0.25, 0.3) is 0 Å². The molecule has 3 aromatic carbocycles. The molecule has 7 nitrogen and oxygen atoms in total. The van der Waals surface area contributed by atoms with Crippen LogP contribution in [-0.2, 0) is 28.9 Å². The lowest BCUT2D eigenvalue weighted by Crippen LogP contribution is -2.42. The number of carbonyl (C=O) groups excluding carboxylic acids is 1. The second-order valence-electron chi connectivity index (χ2n) is 9.13. The number of carboxylic acid groups (broad SMARTS) is 1. The van der Waals surface area contributed by atoms with Gasteiger partial charge in [0.05, 0.1) is 6.54 Å². The van der Waals surface area contributed by atoms with E-state index in [1.807, 2.05) is 12.1 Å². The number of carboxylic acids is 1. The molecule has 0 aliphatic rings. The Kier molecular flexibility index (Phi) is 12.5. The quantitative estimate of drug-likeness (QED) is 0.214. The zero-order valence-corrected chi connectivity index (χ0v) is 23.8. The third-order valence-electron chi connectivity index (χ3n) is 6.08. The van der Waals surface area contributed by atoms with E-state index in [9.17, 15) is 19.1 Å². The molecular weight excluding hydrogens is 558 g/mol. The van der Waals surface area contributed by atoms with E-state index in [0.717, 1.165) is 16.7 Å². The number of aliphatic carboxylic acids is 1. The summed E-state index contributed by atoms with van der Waals surface area (Å²) in [6.45, 7) is 3.39. The van der Waals surface area contributed by atoms with Crippen molar-refractivity contribution in [3.8, 4) is 5.75 Å². The van der Waals surface area contributed by atoms with Gasteiger partial charge < -0.3 is 24.8 Å². The highest BCUT2D eigenvalue weighted by Gasteiger charge is 2.18. The highest BCUT2D eigenvalue weighted by molar-refractivity contribution is 6.34. The molecule has 3 rings (SSSR count). The lowest BCUT2D eigenvalue weighted by atomic mass is 10.1. The number of aryl methyl sites for hydroxylation is 1. The number of urea groups is 1. The van der Waals surface area contributed by atoms with Crippen molar-refractivity contribution >= 4 is 35.2 Å². The van der Waals surface area contributed by atoms with Crippen LogP contribution in [0.3, 0.4) is 0 Å². The maximum atomic E-state index is 13.2. The highest BCUT2D eigenvalue weighted by atomic mass is 35.5. The number of hydrogen-bond acceptors (Lipinski definition) is 4. The number of hydrogen-bond donors (Lipinski definition) is 2. The summed E-state index contributed by atoms with van der Waals surface area (Å²) in [4.78, 5) is 26.0. The van der Waals surface area contributed by atoms with Gasteiger partial charge in [-0.3, -0.25) is 0 Å². The first-order chi connectivity index (χ1) is 19.2. The molecule has 0 radical (unpaired) electrons. The van der Waals surface area contributed by atoms with E-state index in [-0.39, 0.29) is 31.4 Å². The number of ether oxygens (including phenoxy) is 2. The average molecular weight is 592 g/mol. The third kappa shape index (κ3) is 10.7. The summed E-state index contributed by atoms with van der Waals surface area (Å²) in [6.07, 6.45) is 0.716. The van der Waals surface area contributed by atoms with E-state index in [2.05, 4.69) is 5.32 Å². The van der Waals surface area contributed by atoms with Crippen molar-refractivity contribution in [2.45, 2.75) is 38.8 Å². The molecule has 1 unspecified atom stereocenters. The summed E-state index contributed by atoms with van der Waals surface area (Å²) >= 11 is 12.2. The van der Waals surface area contributed by atoms with Crippen LogP contribution in [0.15, 0.2) is 66.7 Å². The Bertz CT molecular complexity index is 1220. The SMILES string of the molecule is CCOC(Cc1ccc(OCCN(CCCc2cc(Cl)cc(Cl)c2)C(=O)NCc2ccc(F)cc2)cc1)C(=O)O. The summed E-state index contributed by atoms with van der Waals surface area (Å²) in [7, 11) is 0. The Balaban J connectivity index is 1.56. The average Bonchev–Trinajstić information content (AvgIpc) is 2.91. The smallest absolute Gasteiger partial charge is 0.333 e. The van der Waals surface area contributed by atoms with Gasteiger partial charge in [0, 0.05) is 36.2 Å². The molecule has 0 bridgehead atoms. The van der Waals surface area contributed by atoms with E-state index in [1.165, 1.54) is 12.1 Å². The van der Waals surface area contributed by atoms with Crippen LogP contribution in [0.4, 0.5) is 9.18 Å². The number of nitrogens with one attached hydrogen (secondary N) is 1. The maximum Gasteiger partial charge on any atom is 0.333 e. The molecule has 0 saturated carbocycles. The van der Waals surface area contributed by atoms with Gasteiger partial charge in [0.25, 0.3) is 0 Å². The number of rotatable bonds is 15. The molecule has 0 heterocycles. The molecule has 0 aliphatic heterocycles. The molecule has 2 amide bonds. The number of halogens is 3. The van der Waals surface area contributed by atoms with Crippen molar-refractivity contribution in [1.82, 2.24) is 10.2 Å². The van der Waals surface area contributed by atoms with Gasteiger partial charge in [0.2, 0.25) is 0 Å². The fraction of sp³-hybridized carbons (Fsp3) is 0.333. The van der Waals surface area contributed by atoms with E-state index in [0.29, 0.717) is 48.3 Å². The molecule has 3 aromatic rings. The zero-order chi connectivity index (χ0) is 28.9. The molecule has 10 heteroatoms. The normalized spacial score (nSPS) is 11.6. The van der Waals surface area contributed by atoms with Crippen LogP contribution < -0.4 is 10.1 Å². The van der Waals surface area contributed by atoms with Crippen LogP contribution in [0.1, 0.15) is 30.0 Å². The molecule has 0 aromatic heterocycles. The topological polar surface area (TPSA) is 88.1 Å². The molecular formula is C30H33Cl2FN2O5. The predicted molar refractivity (Wildman–Crippen MR) is 154 cm³/mol. The number of carbonyl (C=O) groups is 2. The van der Waals surface area contributed by atoms with Crippen molar-refractivity contribution in [2.75, 3.05) is 26.3 Å². The minimum atomic E-state index is -1.00. The maximum absolute atomic E-state index is 13.2. The molecule has 214 valence electrons. The van der Waals surface area contributed by atoms with E-state index in [1.54, 1.807) is 54.3 Å². The predicted octanol–water partition coefficient (Wildman–Crippen LogP) is 6.39. The Morgan fingerprint density at radius 2 is 1.60 bits per heavy atom. The monoisotopic (exact) mass is 590 g/mol. The second-order valence-corrected chi connectivity index (χ2v) is 10.0. The number of benzene rings is 3. The third-order valence-corrected chi connectivity index (χ3v) is 6.51. The summed E-state index contributed by atoms with van der Waals surface area (Å²) < 4.78 is 24.3. The van der Waals surface area contributed by atoms with Crippen molar-refractivity contribution in [1.29, 1.82) is 0 Å². The zero-order valence-electron chi connectivity index (χ0n) is 22.2. The van der Waals surface area contributed by atoms with Gasteiger partial charge in [-0.25, -0.2) is 14.0 Å². The Morgan fingerprint density at radius 3 is 2.23 bits per heavy atom. The standard InChI is InChI=1S/C30H33Cl2FN2O5/c1-2-39-28(29(36)37)18-21-7-11-27(12-8-21)40-15-14-35(13-3-4-23-16-24(31)19-25(32)17-23)30(38)34-20-22-5-9-26(33)10-6-22/h5-12,16-17,19,28H,2-4,13-15,18,20H2,1H3,(H,34,38)(H,36,37). The lowest BCUT2D eigenvalue weighted by Gasteiger charge is -2.23. The molecule has 0 fully saturated rings. The first-order valence-corrected chi connectivity index (χ1v) is 13.8. The summed E-state index contributed by atoms with van der Waals surface area (Å²) in [5.74, 6) is -0.732. The minimum Gasteiger partial charge on any atom is -0.492 e. The van der Waals surface area contributed by atoms with Gasteiger partial charge in [-0.1, -0.05) is 47.5 Å². The van der Waals surface area contributed by atoms with Crippen molar-refractivity contribution in [2.24, 2.45) is 0 Å². The molecule has 0 spiro atoms. The van der Waals surface area contributed by atoms with Crippen LogP contribution in [0.5, 0.6) is 5.75 Å². The van der Waals surface area contributed by atoms with Crippen LogP contribution in [0, 0.1) is 5.82 Å². The van der Waals surface area contributed by atoms with Crippen molar-refractivity contribution in [3.05, 3.63) is 99.3 Å².